The molecule has 3 aromatic carbocycles. The number of amides is 2. The van der Waals surface area contributed by atoms with Gasteiger partial charge in [-0.1, -0.05) is 34.8 Å². The highest BCUT2D eigenvalue weighted by Crippen LogP contribution is 2.65. The molecule has 1 heterocycles. The van der Waals surface area contributed by atoms with Crippen LogP contribution in [0.25, 0.3) is 10.9 Å². The van der Waals surface area contributed by atoms with Crippen LogP contribution in [-0.2, 0) is 4.79 Å². The number of rotatable bonds is 5. The van der Waals surface area contributed by atoms with Gasteiger partial charge in [0.1, 0.15) is 10.2 Å². The quantitative estimate of drug-likeness (QED) is 0.207. The molecular weight excluding hydrogens is 571 g/mol. The van der Waals surface area contributed by atoms with E-state index in [1.165, 1.54) is 18.2 Å². The lowest BCUT2D eigenvalue weighted by molar-refractivity contribution is -0.117. The van der Waals surface area contributed by atoms with E-state index in [0.717, 1.165) is 0 Å². The van der Waals surface area contributed by atoms with Gasteiger partial charge >= 0.3 is 0 Å². The summed E-state index contributed by atoms with van der Waals surface area (Å²) in [5, 5.41) is 6.71. The number of alkyl halides is 2. The molecule has 184 valence electrons. The van der Waals surface area contributed by atoms with Crippen molar-refractivity contribution < 1.29 is 14.0 Å². The second-order valence-corrected chi connectivity index (χ2v) is 11.1. The Hall–Kier alpha value is -2.48. The monoisotopic (exact) mass is 583 g/mol. The SMILES string of the molecule is O=C(Nc1cc(F)c2cc[nH]c2c1)c1cc(NC(=O)[C@@H]2[C@@H](c3cc(Cl)cc(Cl)c3)C2(Cl)Cl)ccc1Cl. The molecule has 0 radical (unpaired) electrons. The van der Waals surface area contributed by atoms with Gasteiger partial charge in [-0.15, -0.1) is 23.2 Å². The van der Waals surface area contributed by atoms with Crippen molar-refractivity contribution >= 4 is 92.1 Å². The summed E-state index contributed by atoms with van der Waals surface area (Å²) in [6, 6.07) is 13.7. The lowest BCUT2D eigenvalue weighted by Gasteiger charge is -2.11. The van der Waals surface area contributed by atoms with Crippen molar-refractivity contribution in [3.63, 3.8) is 0 Å². The number of nitrogens with one attached hydrogen (secondary N) is 3. The second kappa shape index (κ2) is 9.43. The highest BCUT2D eigenvalue weighted by Gasteiger charge is 2.67. The molecule has 36 heavy (non-hydrogen) atoms. The molecule has 1 fully saturated rings. The minimum Gasteiger partial charge on any atom is -0.361 e. The van der Waals surface area contributed by atoms with Gasteiger partial charge in [-0.05, 0) is 60.2 Å². The Labute approximate surface area is 229 Å². The van der Waals surface area contributed by atoms with Crippen molar-refractivity contribution in [2.24, 2.45) is 5.92 Å². The van der Waals surface area contributed by atoms with Gasteiger partial charge in [-0.3, -0.25) is 9.59 Å². The maximum Gasteiger partial charge on any atom is 0.257 e. The minimum atomic E-state index is -1.36. The smallest absolute Gasteiger partial charge is 0.257 e. The van der Waals surface area contributed by atoms with Crippen LogP contribution in [0.1, 0.15) is 21.8 Å². The number of H-pyrrole nitrogens is 1. The Bertz CT molecular complexity index is 1520. The topological polar surface area (TPSA) is 74.0 Å². The number of halogens is 6. The van der Waals surface area contributed by atoms with E-state index in [1.807, 2.05) is 0 Å². The first-order chi connectivity index (χ1) is 17.0. The van der Waals surface area contributed by atoms with E-state index in [0.29, 0.717) is 32.2 Å². The van der Waals surface area contributed by atoms with Crippen LogP contribution in [0.5, 0.6) is 0 Å². The summed E-state index contributed by atoms with van der Waals surface area (Å²) in [6.45, 7) is 0. The van der Waals surface area contributed by atoms with Gasteiger partial charge in [0.05, 0.1) is 22.0 Å². The summed E-state index contributed by atoms with van der Waals surface area (Å²) >= 11 is 31.2. The summed E-state index contributed by atoms with van der Waals surface area (Å²) in [5.41, 5.74) is 1.80. The zero-order valence-corrected chi connectivity index (χ0v) is 21.8. The Kier molecular flexibility index (Phi) is 6.60. The molecule has 1 aliphatic carbocycles. The van der Waals surface area contributed by atoms with Crippen LogP contribution in [0.3, 0.4) is 0 Å². The van der Waals surface area contributed by atoms with Crippen LogP contribution in [0.4, 0.5) is 15.8 Å². The van der Waals surface area contributed by atoms with Crippen molar-refractivity contribution in [1.29, 1.82) is 0 Å². The number of carbonyl (C=O) groups is 2. The highest BCUT2D eigenvalue weighted by atomic mass is 35.5. The van der Waals surface area contributed by atoms with Gasteiger partial charge in [0, 0.05) is 38.9 Å². The Morgan fingerprint density at radius 2 is 1.61 bits per heavy atom. The maximum absolute atomic E-state index is 14.3. The number of hydrogen-bond acceptors (Lipinski definition) is 2. The van der Waals surface area contributed by atoms with Crippen molar-refractivity contribution in [3.05, 3.63) is 92.8 Å². The first-order valence-electron chi connectivity index (χ1n) is 10.6. The Morgan fingerprint density at radius 3 is 2.33 bits per heavy atom. The van der Waals surface area contributed by atoms with Gasteiger partial charge in [0.25, 0.3) is 5.91 Å². The fourth-order valence-corrected chi connectivity index (χ4v) is 5.79. The van der Waals surface area contributed by atoms with Crippen molar-refractivity contribution in [2.45, 2.75) is 10.3 Å². The summed E-state index contributed by atoms with van der Waals surface area (Å²) < 4.78 is 12.9. The number of fused-ring (bicyclic) bond motifs is 1. The average molecular weight is 586 g/mol. The molecule has 1 saturated carbocycles. The molecule has 1 aromatic heterocycles. The molecule has 0 unspecified atom stereocenters. The lowest BCUT2D eigenvalue weighted by atomic mass is 10.1. The Balaban J connectivity index is 1.34. The van der Waals surface area contributed by atoms with Gasteiger partial charge in [0.15, 0.2) is 0 Å². The van der Waals surface area contributed by atoms with Gasteiger partial charge in [-0.2, -0.15) is 0 Å². The molecule has 0 saturated heterocycles. The van der Waals surface area contributed by atoms with Crippen molar-refractivity contribution in [1.82, 2.24) is 4.98 Å². The highest BCUT2D eigenvalue weighted by molar-refractivity contribution is 6.53. The zero-order valence-electron chi connectivity index (χ0n) is 18.0. The van der Waals surface area contributed by atoms with Crippen LogP contribution in [0, 0.1) is 11.7 Å². The third kappa shape index (κ3) is 4.76. The second-order valence-electron chi connectivity index (χ2n) is 8.37. The summed E-state index contributed by atoms with van der Waals surface area (Å²) in [4.78, 5) is 28.8. The molecule has 0 aliphatic heterocycles. The number of benzene rings is 3. The maximum atomic E-state index is 14.3. The van der Waals surface area contributed by atoms with E-state index >= 15 is 0 Å². The lowest BCUT2D eigenvalue weighted by Crippen LogP contribution is -2.18. The third-order valence-electron chi connectivity index (χ3n) is 5.93. The summed E-state index contributed by atoms with van der Waals surface area (Å²) in [6.07, 6.45) is 1.60. The molecule has 0 bridgehead atoms. The fraction of sp³-hybridized carbons (Fsp3) is 0.120. The Morgan fingerprint density at radius 1 is 0.889 bits per heavy atom. The average Bonchev–Trinajstić information content (AvgIpc) is 3.11. The molecule has 2 atom stereocenters. The van der Waals surface area contributed by atoms with E-state index in [1.54, 1.807) is 42.6 Å². The van der Waals surface area contributed by atoms with Crippen molar-refractivity contribution in [2.75, 3.05) is 10.6 Å². The summed E-state index contributed by atoms with van der Waals surface area (Å²) in [5.74, 6) is -2.82. The fourth-order valence-electron chi connectivity index (χ4n) is 4.21. The van der Waals surface area contributed by atoms with E-state index in [2.05, 4.69) is 15.6 Å². The van der Waals surface area contributed by atoms with Crippen molar-refractivity contribution in [3.8, 4) is 0 Å². The molecular formula is C25H15Cl5FN3O2. The number of hydrogen-bond donors (Lipinski definition) is 3. The number of anilines is 2. The van der Waals surface area contributed by atoms with E-state index in [9.17, 15) is 14.0 Å². The molecule has 3 N–H and O–H groups in total. The van der Waals surface area contributed by atoms with Gasteiger partial charge < -0.3 is 15.6 Å². The molecule has 4 aromatic rings. The molecule has 0 spiro atoms. The van der Waals surface area contributed by atoms with E-state index < -0.39 is 33.8 Å². The largest absolute Gasteiger partial charge is 0.361 e. The number of aromatic amines is 1. The standard InChI is InChI=1S/C25H15Cl5FN3O2/c26-12-5-11(6-13(27)7-12)21-22(25(21,29)30)24(36)33-14-1-2-18(28)17(8-14)23(35)34-15-9-19(31)16-3-4-32-20(16)10-15/h1-10,21-22,32H,(H,33,36)(H,34,35)/t21-,22+/m1/s1. The molecule has 5 rings (SSSR count). The van der Waals surface area contributed by atoms with E-state index in [-0.39, 0.29) is 16.3 Å². The van der Waals surface area contributed by atoms with Gasteiger partial charge in [0.2, 0.25) is 5.91 Å². The predicted molar refractivity (Wildman–Crippen MR) is 143 cm³/mol. The van der Waals surface area contributed by atoms with E-state index in [4.69, 9.17) is 58.0 Å². The zero-order chi connectivity index (χ0) is 25.8. The third-order valence-corrected chi connectivity index (χ3v) is 7.64. The molecule has 1 aliphatic rings. The number of aromatic nitrogens is 1. The number of carbonyl (C=O) groups excluding carboxylic acids is 2. The summed E-state index contributed by atoms with van der Waals surface area (Å²) in [7, 11) is 0. The van der Waals surface area contributed by atoms with Crippen LogP contribution < -0.4 is 10.6 Å². The first kappa shape index (κ1) is 25.2. The molecule has 11 heteroatoms. The predicted octanol–water partition coefficient (Wildman–Crippen LogP) is 8.05. The van der Waals surface area contributed by atoms with Crippen LogP contribution in [0.15, 0.2) is 60.8 Å². The first-order valence-corrected chi connectivity index (χ1v) is 12.5. The molecule has 2 amide bonds. The minimum absolute atomic E-state index is 0.0819. The van der Waals surface area contributed by atoms with Crippen LogP contribution in [-0.4, -0.2) is 21.1 Å². The van der Waals surface area contributed by atoms with Crippen LogP contribution in [0.2, 0.25) is 15.1 Å². The normalized spacial score (nSPS) is 18.2. The van der Waals surface area contributed by atoms with Gasteiger partial charge in [-0.25, -0.2) is 4.39 Å². The van der Waals surface area contributed by atoms with Crippen LogP contribution >= 0.6 is 58.0 Å². The molecule has 5 nitrogen and oxygen atoms in total.